The number of pyridine rings is 1. The molecule has 0 unspecified atom stereocenters. The fraction of sp³-hybridized carbons (Fsp3) is 0.261. The molecule has 0 amide bonds. The van der Waals surface area contributed by atoms with Gasteiger partial charge in [-0.2, -0.15) is 13.9 Å². The van der Waals surface area contributed by atoms with Crippen LogP contribution in [0.4, 0.5) is 5.82 Å². The first-order valence-electron chi connectivity index (χ1n) is 11.1. The lowest BCUT2D eigenvalue weighted by Crippen LogP contribution is -2.38. The van der Waals surface area contributed by atoms with Crippen LogP contribution in [0.3, 0.4) is 0 Å². The van der Waals surface area contributed by atoms with E-state index in [0.29, 0.717) is 24.5 Å². The van der Waals surface area contributed by atoms with Gasteiger partial charge in [-0.25, -0.2) is 13.4 Å². The average Bonchev–Trinajstić information content (AvgIpc) is 3.24. The Morgan fingerprint density at radius 2 is 1.85 bits per heavy atom. The zero-order valence-corrected chi connectivity index (χ0v) is 19.2. The normalized spacial score (nSPS) is 15.6. The number of nitrogens with zero attached hydrogens (tertiary/aromatic N) is 5. The van der Waals surface area contributed by atoms with E-state index >= 15 is 0 Å². The first kappa shape index (κ1) is 21.6. The lowest BCUT2D eigenvalue weighted by molar-refractivity contribution is 0.317. The zero-order chi connectivity index (χ0) is 22.8. The standard InChI is InChI=1S/C23H25BN6O2S/c24-20-16-27-30-22(26-15-17-5-4-10-25-14-17)13-21(28-23(20)30)18-8-11-29(12-9-18)33(31,32)19-6-2-1-3-7-19/h1-7,10,13-14,16,18,26H,8-9,11-12,15,24H2. The molecule has 8 nitrogen and oxygen atoms in total. The van der Waals surface area contributed by atoms with Gasteiger partial charge >= 0.3 is 0 Å². The van der Waals surface area contributed by atoms with E-state index in [1.165, 1.54) is 0 Å². The smallest absolute Gasteiger partial charge is 0.243 e. The molecule has 3 aromatic heterocycles. The molecule has 0 atom stereocenters. The number of fused-ring (bicyclic) bond motifs is 1. The van der Waals surface area contributed by atoms with Crippen LogP contribution in [0, 0.1) is 0 Å². The van der Waals surface area contributed by atoms with Crippen molar-refractivity contribution in [2.24, 2.45) is 0 Å². The maximum atomic E-state index is 13.0. The molecule has 0 bridgehead atoms. The van der Waals surface area contributed by atoms with Crippen LogP contribution in [0.5, 0.6) is 0 Å². The number of anilines is 1. The van der Waals surface area contributed by atoms with Gasteiger partial charge in [-0.05, 0) is 42.1 Å². The number of piperidine rings is 1. The number of hydrogen-bond donors (Lipinski definition) is 1. The van der Waals surface area contributed by atoms with Crippen molar-refractivity contribution in [1.82, 2.24) is 23.9 Å². The molecule has 5 rings (SSSR count). The maximum Gasteiger partial charge on any atom is 0.243 e. The Hall–Kier alpha value is -3.24. The quantitative estimate of drug-likeness (QED) is 0.439. The van der Waals surface area contributed by atoms with E-state index in [9.17, 15) is 8.42 Å². The van der Waals surface area contributed by atoms with Crippen LogP contribution in [-0.4, -0.2) is 53.2 Å². The summed E-state index contributed by atoms with van der Waals surface area (Å²) in [6, 6.07) is 14.6. The van der Waals surface area contributed by atoms with Crippen molar-refractivity contribution in [3.05, 3.63) is 78.4 Å². The molecule has 1 aliphatic rings. The molecule has 1 saturated heterocycles. The number of benzene rings is 1. The minimum atomic E-state index is -3.47. The Balaban J connectivity index is 1.36. The number of hydrogen-bond acceptors (Lipinski definition) is 6. The third-order valence-electron chi connectivity index (χ3n) is 6.12. The highest BCUT2D eigenvalue weighted by atomic mass is 32.2. The van der Waals surface area contributed by atoms with Gasteiger partial charge < -0.3 is 5.32 Å². The maximum absolute atomic E-state index is 13.0. The predicted octanol–water partition coefficient (Wildman–Crippen LogP) is 1.56. The molecule has 4 aromatic rings. The molecule has 4 heterocycles. The molecule has 0 spiro atoms. The number of rotatable bonds is 6. The lowest BCUT2D eigenvalue weighted by Gasteiger charge is -2.31. The molecule has 1 fully saturated rings. The number of nitrogens with one attached hydrogen (secondary N) is 1. The fourth-order valence-electron chi connectivity index (χ4n) is 4.26. The Labute approximate surface area is 194 Å². The lowest BCUT2D eigenvalue weighted by atomic mass is 9.94. The van der Waals surface area contributed by atoms with Gasteiger partial charge in [0.05, 0.1) is 4.90 Å². The van der Waals surface area contributed by atoms with Crippen molar-refractivity contribution in [1.29, 1.82) is 0 Å². The SMILES string of the molecule is Bc1cnn2c(NCc3cccnc3)cc(C3CCN(S(=O)(=O)c4ccccc4)CC3)nc12. The van der Waals surface area contributed by atoms with E-state index < -0.39 is 10.0 Å². The van der Waals surface area contributed by atoms with Crippen LogP contribution < -0.4 is 10.8 Å². The molecule has 1 aromatic carbocycles. The monoisotopic (exact) mass is 460 g/mol. The van der Waals surface area contributed by atoms with E-state index in [1.54, 1.807) is 34.8 Å². The fourth-order valence-corrected chi connectivity index (χ4v) is 5.75. The largest absolute Gasteiger partial charge is 0.366 e. The van der Waals surface area contributed by atoms with Crippen LogP contribution >= 0.6 is 0 Å². The third-order valence-corrected chi connectivity index (χ3v) is 8.03. The molecular weight excluding hydrogens is 435 g/mol. The summed E-state index contributed by atoms with van der Waals surface area (Å²) in [4.78, 5) is 9.42. The molecule has 168 valence electrons. The molecule has 1 aliphatic heterocycles. The highest BCUT2D eigenvalue weighted by molar-refractivity contribution is 7.89. The van der Waals surface area contributed by atoms with Crippen LogP contribution in [0.2, 0.25) is 0 Å². The van der Waals surface area contributed by atoms with Gasteiger partial charge in [-0.15, -0.1) is 0 Å². The van der Waals surface area contributed by atoms with Gasteiger partial charge in [-0.3, -0.25) is 4.98 Å². The van der Waals surface area contributed by atoms with Crippen molar-refractivity contribution < 1.29 is 8.42 Å². The highest BCUT2D eigenvalue weighted by Crippen LogP contribution is 2.31. The van der Waals surface area contributed by atoms with E-state index in [1.807, 2.05) is 49.0 Å². The first-order chi connectivity index (χ1) is 16.0. The van der Waals surface area contributed by atoms with Crippen molar-refractivity contribution in [2.75, 3.05) is 18.4 Å². The predicted molar refractivity (Wildman–Crippen MR) is 130 cm³/mol. The van der Waals surface area contributed by atoms with Crippen molar-refractivity contribution >= 4 is 34.8 Å². The second kappa shape index (κ2) is 8.95. The molecule has 10 heteroatoms. The molecule has 0 aliphatic carbocycles. The second-order valence-corrected chi connectivity index (χ2v) is 10.3. The van der Waals surface area contributed by atoms with Gasteiger partial charge in [0.2, 0.25) is 10.0 Å². The van der Waals surface area contributed by atoms with Crippen LogP contribution in [0.25, 0.3) is 5.65 Å². The number of aromatic nitrogens is 4. The minimum absolute atomic E-state index is 0.186. The average molecular weight is 460 g/mol. The first-order valence-corrected chi connectivity index (χ1v) is 12.5. The topological polar surface area (TPSA) is 92.5 Å². The summed E-state index contributed by atoms with van der Waals surface area (Å²) < 4.78 is 29.4. The molecule has 1 N–H and O–H groups in total. The van der Waals surface area contributed by atoms with Gasteiger partial charge in [0.25, 0.3) is 0 Å². The molecule has 33 heavy (non-hydrogen) atoms. The third kappa shape index (κ3) is 4.36. The summed E-state index contributed by atoms with van der Waals surface area (Å²) in [5.41, 5.74) is 3.87. The highest BCUT2D eigenvalue weighted by Gasteiger charge is 2.30. The summed E-state index contributed by atoms with van der Waals surface area (Å²) in [6.07, 6.45) is 6.86. The molecule has 0 saturated carbocycles. The van der Waals surface area contributed by atoms with Gasteiger partial charge in [0, 0.05) is 55.9 Å². The summed E-state index contributed by atoms with van der Waals surface area (Å²) in [5.74, 6) is 1.05. The summed E-state index contributed by atoms with van der Waals surface area (Å²) in [7, 11) is -1.47. The zero-order valence-electron chi connectivity index (χ0n) is 18.4. The van der Waals surface area contributed by atoms with E-state index in [2.05, 4.69) is 15.4 Å². The second-order valence-electron chi connectivity index (χ2n) is 8.34. The van der Waals surface area contributed by atoms with Crippen molar-refractivity contribution in [3.8, 4) is 0 Å². The Kier molecular flexibility index (Phi) is 5.86. The van der Waals surface area contributed by atoms with E-state index in [4.69, 9.17) is 4.98 Å². The minimum Gasteiger partial charge on any atom is -0.366 e. The van der Waals surface area contributed by atoms with Gasteiger partial charge in [0.1, 0.15) is 13.7 Å². The van der Waals surface area contributed by atoms with Crippen molar-refractivity contribution in [2.45, 2.75) is 30.2 Å². The van der Waals surface area contributed by atoms with E-state index in [-0.39, 0.29) is 5.92 Å². The summed E-state index contributed by atoms with van der Waals surface area (Å²) >= 11 is 0. The van der Waals surface area contributed by atoms with Gasteiger partial charge in [-0.1, -0.05) is 24.3 Å². The Morgan fingerprint density at radius 3 is 2.58 bits per heavy atom. The molecular formula is C23H25BN6O2S. The van der Waals surface area contributed by atoms with Crippen LogP contribution in [-0.2, 0) is 16.6 Å². The summed E-state index contributed by atoms with van der Waals surface area (Å²) in [5, 5.41) is 7.95. The number of sulfonamides is 1. The van der Waals surface area contributed by atoms with Crippen LogP contribution in [0.1, 0.15) is 30.0 Å². The molecule has 0 radical (unpaired) electrons. The van der Waals surface area contributed by atoms with Crippen LogP contribution in [0.15, 0.2) is 72.0 Å². The van der Waals surface area contributed by atoms with E-state index in [0.717, 1.165) is 41.0 Å². The van der Waals surface area contributed by atoms with Gasteiger partial charge in [0.15, 0.2) is 5.65 Å². The van der Waals surface area contributed by atoms with Crippen molar-refractivity contribution in [3.63, 3.8) is 0 Å². The Bertz CT molecular complexity index is 1350. The summed E-state index contributed by atoms with van der Waals surface area (Å²) in [6.45, 7) is 1.58. The Morgan fingerprint density at radius 1 is 1.06 bits per heavy atom.